The third kappa shape index (κ3) is 4.75. The van der Waals surface area contributed by atoms with Crippen LogP contribution in [0.5, 0.6) is 23.0 Å². The molecule has 0 unspecified atom stereocenters. The van der Waals surface area contributed by atoms with Crippen molar-refractivity contribution in [1.29, 1.82) is 0 Å². The molecule has 1 aliphatic heterocycles. The lowest BCUT2D eigenvalue weighted by Crippen LogP contribution is -2.32. The van der Waals surface area contributed by atoms with Crippen molar-refractivity contribution < 1.29 is 19.4 Å². The summed E-state index contributed by atoms with van der Waals surface area (Å²) in [6, 6.07) is 18.4. The molecule has 1 aliphatic carbocycles. The summed E-state index contributed by atoms with van der Waals surface area (Å²) < 4.78 is 11.3. The van der Waals surface area contributed by atoms with Gasteiger partial charge < -0.3 is 24.8 Å². The number of rotatable bonds is 6. The number of aromatic nitrogens is 2. The van der Waals surface area contributed by atoms with Gasteiger partial charge in [0.2, 0.25) is 0 Å². The predicted molar refractivity (Wildman–Crippen MR) is 155 cm³/mol. The topological polar surface area (TPSA) is 96.8 Å². The number of hydrogen-bond acceptors (Lipinski definition) is 7. The van der Waals surface area contributed by atoms with Gasteiger partial charge in [0.1, 0.15) is 17.3 Å². The van der Waals surface area contributed by atoms with E-state index in [1.807, 2.05) is 36.4 Å². The van der Waals surface area contributed by atoms with Crippen LogP contribution in [-0.2, 0) is 4.79 Å². The lowest BCUT2D eigenvalue weighted by atomic mass is 9.89. The molecule has 0 radical (unpaired) electrons. The summed E-state index contributed by atoms with van der Waals surface area (Å²) in [5, 5.41) is 13.7. The first kappa shape index (κ1) is 25.2. The van der Waals surface area contributed by atoms with E-state index in [0.717, 1.165) is 31.4 Å². The number of methoxy groups -OCH3 is 1. The van der Waals surface area contributed by atoms with Gasteiger partial charge in [-0.25, -0.2) is 4.98 Å². The summed E-state index contributed by atoms with van der Waals surface area (Å²) in [6.07, 6.45) is 9.23. The van der Waals surface area contributed by atoms with Crippen LogP contribution >= 0.6 is 0 Å². The zero-order valence-corrected chi connectivity index (χ0v) is 22.1. The highest BCUT2D eigenvalue weighted by Gasteiger charge is 2.30. The Labute approximate surface area is 231 Å². The smallest absolute Gasteiger partial charge is 0.258 e. The van der Waals surface area contributed by atoms with Gasteiger partial charge in [0.05, 0.1) is 30.1 Å². The number of benzene rings is 2. The fourth-order valence-corrected chi connectivity index (χ4v) is 5.16. The van der Waals surface area contributed by atoms with E-state index in [4.69, 9.17) is 9.47 Å². The molecule has 0 bridgehead atoms. The van der Waals surface area contributed by atoms with E-state index < -0.39 is 0 Å². The molecule has 1 amide bonds. The molecule has 3 heterocycles. The fraction of sp³-hybridized carbons (Fsp3) is 0.156. The molecule has 2 aromatic heterocycles. The maximum atomic E-state index is 13.4. The number of pyridine rings is 2. The summed E-state index contributed by atoms with van der Waals surface area (Å²) in [4.78, 5) is 24.2. The molecule has 2 N–H and O–H groups in total. The number of hydrogen-bond donors (Lipinski definition) is 2. The van der Waals surface area contributed by atoms with E-state index >= 15 is 0 Å². The van der Waals surface area contributed by atoms with Gasteiger partial charge in [-0.2, -0.15) is 0 Å². The maximum absolute atomic E-state index is 13.4. The minimum absolute atomic E-state index is 0.0000590. The van der Waals surface area contributed by atoms with Crippen LogP contribution in [0.1, 0.15) is 25.7 Å². The molecule has 200 valence electrons. The van der Waals surface area contributed by atoms with Gasteiger partial charge in [0, 0.05) is 29.0 Å². The van der Waals surface area contributed by atoms with Gasteiger partial charge in [-0.3, -0.25) is 9.78 Å². The first-order valence-corrected chi connectivity index (χ1v) is 13.1. The summed E-state index contributed by atoms with van der Waals surface area (Å²) >= 11 is 0. The second-order valence-corrected chi connectivity index (χ2v) is 9.64. The normalized spacial score (nSPS) is 15.0. The molecule has 8 heteroatoms. The fourth-order valence-electron chi connectivity index (χ4n) is 5.16. The quantitative estimate of drug-likeness (QED) is 0.280. The number of phenols is 1. The number of nitrogens with zero attached hydrogens (tertiary/aromatic N) is 3. The number of nitrogens with one attached hydrogen (secondary N) is 1. The number of carbonyl (C=O) groups is 1. The molecule has 0 saturated heterocycles. The van der Waals surface area contributed by atoms with E-state index in [2.05, 4.69) is 26.8 Å². The Bertz CT molecular complexity index is 1680. The van der Waals surface area contributed by atoms with Crippen LogP contribution in [0.15, 0.2) is 108 Å². The summed E-state index contributed by atoms with van der Waals surface area (Å²) in [7, 11) is 1.48. The first-order valence-electron chi connectivity index (χ1n) is 13.1. The molecule has 6 rings (SSSR count). The molecule has 2 aliphatic rings. The Morgan fingerprint density at radius 2 is 1.85 bits per heavy atom. The molecule has 0 spiro atoms. The predicted octanol–water partition coefficient (Wildman–Crippen LogP) is 6.86. The molecule has 4 aromatic rings. The number of amides is 1. The minimum atomic E-state index is -0.267. The van der Waals surface area contributed by atoms with E-state index in [9.17, 15) is 9.90 Å². The molecule has 0 fully saturated rings. The van der Waals surface area contributed by atoms with Gasteiger partial charge >= 0.3 is 0 Å². The Hall–Kier alpha value is -5.11. The Morgan fingerprint density at radius 3 is 2.62 bits per heavy atom. The standard InChI is InChI=1S/C32H28N4O4/c1-20-24(16-21-8-6-7-11-27(21)36(20)22-9-4-3-5-10-22)32(38)35-31-13-12-23(19-34-31)40-29-14-15-33-26-18-28(37)30(39-2)17-25(26)29/h3-5,9-10,12-19,37H,1,6-8,11H2,2H3,(H,34,35,38). The van der Waals surface area contributed by atoms with Gasteiger partial charge in [-0.05, 0) is 73.7 Å². The number of carbonyl (C=O) groups excluding carboxylic acids is 1. The molecule has 8 nitrogen and oxygen atoms in total. The number of phenolic OH excluding ortho intramolecular Hbond substituents is 1. The number of anilines is 2. The average molecular weight is 533 g/mol. The average Bonchev–Trinajstić information content (AvgIpc) is 2.98. The Kier molecular flexibility index (Phi) is 6.66. The van der Waals surface area contributed by atoms with Gasteiger partial charge in [-0.15, -0.1) is 0 Å². The van der Waals surface area contributed by atoms with Crippen LogP contribution in [0.2, 0.25) is 0 Å². The third-order valence-electron chi connectivity index (χ3n) is 7.12. The lowest BCUT2D eigenvalue weighted by Gasteiger charge is -2.37. The maximum Gasteiger partial charge on any atom is 0.258 e. The van der Waals surface area contributed by atoms with Crippen LogP contribution in [0.3, 0.4) is 0 Å². The van der Waals surface area contributed by atoms with Crippen LogP contribution in [0, 0.1) is 0 Å². The lowest BCUT2D eigenvalue weighted by molar-refractivity contribution is -0.112. The van der Waals surface area contributed by atoms with Crippen LogP contribution in [0.25, 0.3) is 10.9 Å². The van der Waals surface area contributed by atoms with E-state index in [-0.39, 0.29) is 11.7 Å². The number of aromatic hydroxyl groups is 1. The molecule has 40 heavy (non-hydrogen) atoms. The highest BCUT2D eigenvalue weighted by molar-refractivity contribution is 6.08. The zero-order valence-electron chi connectivity index (χ0n) is 22.1. The van der Waals surface area contributed by atoms with E-state index in [1.165, 1.54) is 24.4 Å². The second kappa shape index (κ2) is 10.6. The molecule has 0 atom stereocenters. The number of fused-ring (bicyclic) bond motifs is 1. The third-order valence-corrected chi connectivity index (χ3v) is 7.12. The van der Waals surface area contributed by atoms with Crippen molar-refractivity contribution in [2.75, 3.05) is 17.3 Å². The monoisotopic (exact) mass is 532 g/mol. The van der Waals surface area contributed by atoms with Gasteiger partial charge in [0.25, 0.3) is 5.91 Å². The molecule has 0 saturated carbocycles. The summed E-state index contributed by atoms with van der Waals surface area (Å²) in [5.41, 5.74) is 5.13. The van der Waals surface area contributed by atoms with Crippen LogP contribution in [-0.4, -0.2) is 28.1 Å². The zero-order chi connectivity index (χ0) is 27.6. The highest BCUT2D eigenvalue weighted by atomic mass is 16.5. The molecular weight excluding hydrogens is 504 g/mol. The molecule has 2 aromatic carbocycles. The largest absolute Gasteiger partial charge is 0.504 e. The number of allylic oxidation sites excluding steroid dienone is 3. The van der Waals surface area contributed by atoms with Crippen molar-refractivity contribution >= 4 is 28.3 Å². The van der Waals surface area contributed by atoms with Crippen molar-refractivity contribution in [3.63, 3.8) is 0 Å². The van der Waals surface area contributed by atoms with Crippen LogP contribution < -0.4 is 19.7 Å². The van der Waals surface area contributed by atoms with Crippen molar-refractivity contribution in [1.82, 2.24) is 9.97 Å². The van der Waals surface area contributed by atoms with Crippen LogP contribution in [0.4, 0.5) is 11.5 Å². The van der Waals surface area contributed by atoms with Crippen molar-refractivity contribution in [3.05, 3.63) is 108 Å². The van der Waals surface area contributed by atoms with Crippen molar-refractivity contribution in [2.45, 2.75) is 25.7 Å². The highest BCUT2D eigenvalue weighted by Crippen LogP contribution is 2.40. The Morgan fingerprint density at radius 1 is 1.02 bits per heavy atom. The van der Waals surface area contributed by atoms with Gasteiger partial charge in [0.15, 0.2) is 11.5 Å². The van der Waals surface area contributed by atoms with E-state index in [1.54, 1.807) is 36.7 Å². The first-order chi connectivity index (χ1) is 19.5. The summed E-state index contributed by atoms with van der Waals surface area (Å²) in [5.74, 6) is 1.46. The Balaban J connectivity index is 1.22. The summed E-state index contributed by atoms with van der Waals surface area (Å²) in [6.45, 7) is 4.30. The number of para-hydroxylation sites is 1. The van der Waals surface area contributed by atoms with E-state index in [0.29, 0.717) is 45.2 Å². The molecular formula is C32H28N4O4. The SMILES string of the molecule is C=C1C(C(=O)Nc2ccc(Oc3ccnc4cc(O)c(OC)cc34)cn2)=CC2=C(CCCC2)N1c1ccccc1. The number of ether oxygens (including phenoxy) is 2. The van der Waals surface area contributed by atoms with Crippen molar-refractivity contribution in [2.24, 2.45) is 0 Å². The van der Waals surface area contributed by atoms with Gasteiger partial charge in [-0.1, -0.05) is 24.8 Å². The van der Waals surface area contributed by atoms with Crippen molar-refractivity contribution in [3.8, 4) is 23.0 Å². The minimum Gasteiger partial charge on any atom is -0.504 e. The second-order valence-electron chi connectivity index (χ2n) is 9.64.